The molecule has 136 valence electrons. The van der Waals surface area contributed by atoms with Crippen molar-refractivity contribution in [2.45, 2.75) is 11.4 Å². The number of aromatic nitrogens is 1. The van der Waals surface area contributed by atoms with E-state index in [2.05, 4.69) is 20.3 Å². The summed E-state index contributed by atoms with van der Waals surface area (Å²) in [5.41, 5.74) is 5.85. The number of hydrogen-bond acceptors (Lipinski definition) is 9. The number of β-lactam (4-membered cyclic amide) rings is 1. The molecule has 1 aromatic heterocycles. The molecule has 4 N–H and O–H groups in total. The molecule has 10 nitrogen and oxygen atoms in total. The molecule has 26 heavy (non-hydrogen) atoms. The predicted molar refractivity (Wildman–Crippen MR) is 98.8 cm³/mol. The van der Waals surface area contributed by atoms with Crippen molar-refractivity contribution in [2.24, 2.45) is 5.16 Å². The third-order valence-corrected chi connectivity index (χ3v) is 5.50. The standard InChI is InChI=1S/C13H13N5O5S2.Mg.2H/c1-23-17-7(6-4-25-13(14)15-6)9(19)16-8-10(20)18-2-5(12(21)22)3-24-11(8)18;;;/h2,4,8,11H,3H2,1H3,(H2,14,15)(H,16,19)(H,21,22);;;/q;+2;2*-1/t8?,11-;;;/m1.../s1. The number of hydrogen-bond donors (Lipinski definition) is 3. The molecular formula is C13H15MgN5O5S2. The van der Waals surface area contributed by atoms with Gasteiger partial charge >= 0.3 is 29.0 Å². The van der Waals surface area contributed by atoms with Crippen molar-refractivity contribution in [1.82, 2.24) is 15.2 Å². The van der Waals surface area contributed by atoms with E-state index in [0.29, 0.717) is 0 Å². The zero-order valence-electron chi connectivity index (χ0n) is 15.5. The smallest absolute Gasteiger partial charge is 1.00 e. The summed E-state index contributed by atoms with van der Waals surface area (Å²) in [5.74, 6) is -1.84. The summed E-state index contributed by atoms with van der Waals surface area (Å²) in [6.07, 6.45) is 1.31. The number of aliphatic carboxylic acids is 1. The number of thioether (sulfide) groups is 1. The first-order valence-corrected chi connectivity index (χ1v) is 8.86. The van der Waals surface area contributed by atoms with E-state index < -0.39 is 17.9 Å². The summed E-state index contributed by atoms with van der Waals surface area (Å²) >= 11 is 2.41. The van der Waals surface area contributed by atoms with Crippen LogP contribution in [0.25, 0.3) is 0 Å². The van der Waals surface area contributed by atoms with E-state index in [-0.39, 0.29) is 65.1 Å². The van der Waals surface area contributed by atoms with Crippen LogP contribution in [0.1, 0.15) is 8.55 Å². The molecule has 2 aliphatic rings. The number of rotatable bonds is 5. The second-order valence-electron chi connectivity index (χ2n) is 5.05. The number of amides is 2. The van der Waals surface area contributed by atoms with Crippen molar-refractivity contribution in [3.05, 3.63) is 22.8 Å². The molecular weight excluding hydrogens is 395 g/mol. The van der Waals surface area contributed by atoms with E-state index >= 15 is 0 Å². The van der Waals surface area contributed by atoms with Gasteiger partial charge in [0.2, 0.25) is 0 Å². The van der Waals surface area contributed by atoms with Crippen LogP contribution in [0.15, 0.2) is 22.3 Å². The van der Waals surface area contributed by atoms with Gasteiger partial charge < -0.3 is 28.7 Å². The number of carbonyl (C=O) groups excluding carboxylic acids is 2. The first-order valence-electron chi connectivity index (χ1n) is 6.93. The Labute approximate surface area is 174 Å². The number of oxime groups is 1. The van der Waals surface area contributed by atoms with Crippen LogP contribution >= 0.6 is 23.1 Å². The Bertz CT molecular complexity index is 821. The molecule has 1 unspecified atom stereocenters. The number of carboxylic acid groups (broad SMARTS) is 1. The fourth-order valence-corrected chi connectivity index (χ4v) is 4.13. The van der Waals surface area contributed by atoms with Crippen molar-refractivity contribution >= 4 is 74.8 Å². The maximum Gasteiger partial charge on any atom is 2.00 e. The molecule has 1 saturated heterocycles. The Balaban J connectivity index is 0.00000243. The van der Waals surface area contributed by atoms with Gasteiger partial charge in [0.1, 0.15) is 24.2 Å². The van der Waals surface area contributed by atoms with Gasteiger partial charge in [-0.3, -0.25) is 9.59 Å². The molecule has 0 aromatic carbocycles. The van der Waals surface area contributed by atoms with Crippen LogP contribution in [0.3, 0.4) is 0 Å². The second-order valence-corrected chi connectivity index (χ2v) is 7.05. The van der Waals surface area contributed by atoms with E-state index in [0.717, 1.165) is 11.3 Å². The zero-order chi connectivity index (χ0) is 18.1. The zero-order valence-corrected chi connectivity index (χ0v) is 16.6. The van der Waals surface area contributed by atoms with Crippen LogP contribution in [-0.4, -0.2) is 85.8 Å². The van der Waals surface area contributed by atoms with E-state index in [1.165, 1.54) is 30.0 Å². The van der Waals surface area contributed by atoms with Gasteiger partial charge in [-0.25, -0.2) is 9.78 Å². The Morgan fingerprint density at radius 3 is 2.88 bits per heavy atom. The van der Waals surface area contributed by atoms with E-state index in [1.807, 2.05) is 0 Å². The monoisotopic (exact) mass is 409 g/mol. The molecule has 3 rings (SSSR count). The Hall–Kier alpha value is -1.83. The number of thiazole rings is 1. The molecule has 13 heteroatoms. The molecule has 0 saturated carbocycles. The first kappa shape index (κ1) is 20.5. The van der Waals surface area contributed by atoms with Crippen LogP contribution in [0.4, 0.5) is 5.13 Å². The number of carbonyl (C=O) groups is 3. The summed E-state index contributed by atoms with van der Waals surface area (Å²) in [4.78, 5) is 45.6. The molecule has 1 aromatic rings. The SMILES string of the molecule is CON=C(C(=O)NC1C(=O)N2C=C(C(=O)O)CS[C@H]12)c1csc(N)n1.[H-].[H-].[Mg+2]. The van der Waals surface area contributed by atoms with E-state index in [1.54, 1.807) is 5.38 Å². The molecule has 2 amide bonds. The summed E-state index contributed by atoms with van der Waals surface area (Å²) in [6.45, 7) is 0. The average Bonchev–Trinajstić information content (AvgIpc) is 3.02. The molecule has 0 aliphatic carbocycles. The van der Waals surface area contributed by atoms with Crippen molar-refractivity contribution in [1.29, 1.82) is 0 Å². The molecule has 1 fully saturated rings. The molecule has 0 bridgehead atoms. The van der Waals surface area contributed by atoms with Gasteiger partial charge in [-0.05, 0) is 0 Å². The van der Waals surface area contributed by atoms with Gasteiger partial charge in [-0.2, -0.15) is 0 Å². The number of anilines is 1. The number of nitrogens with one attached hydrogen (secondary N) is 1. The van der Waals surface area contributed by atoms with Crippen molar-refractivity contribution < 1.29 is 27.2 Å². The van der Waals surface area contributed by atoms with E-state index in [4.69, 9.17) is 10.8 Å². The van der Waals surface area contributed by atoms with Crippen molar-refractivity contribution in [3.63, 3.8) is 0 Å². The van der Waals surface area contributed by atoms with Gasteiger partial charge in [0.15, 0.2) is 10.8 Å². The minimum absolute atomic E-state index is 0. The molecule has 0 spiro atoms. The summed E-state index contributed by atoms with van der Waals surface area (Å²) in [6, 6.07) is -0.776. The minimum Gasteiger partial charge on any atom is -1.00 e. The number of nitrogen functional groups attached to an aromatic ring is 1. The second kappa shape index (κ2) is 8.24. The number of fused-ring (bicyclic) bond motifs is 1. The third kappa shape index (κ3) is 3.79. The Morgan fingerprint density at radius 1 is 1.58 bits per heavy atom. The summed E-state index contributed by atoms with van der Waals surface area (Å²) in [7, 11) is 1.29. The Morgan fingerprint density at radius 2 is 2.31 bits per heavy atom. The van der Waals surface area contributed by atoms with Crippen LogP contribution in [0.5, 0.6) is 0 Å². The quantitative estimate of drug-likeness (QED) is 0.250. The van der Waals surface area contributed by atoms with Crippen molar-refractivity contribution in [2.75, 3.05) is 18.6 Å². The number of carboxylic acids is 1. The van der Waals surface area contributed by atoms with E-state index in [9.17, 15) is 14.4 Å². The first-order chi connectivity index (χ1) is 11.9. The third-order valence-electron chi connectivity index (χ3n) is 3.51. The summed E-state index contributed by atoms with van der Waals surface area (Å²) < 4.78 is 0. The van der Waals surface area contributed by atoms with Gasteiger partial charge in [0, 0.05) is 17.3 Å². The fraction of sp³-hybridized carbons (Fsp3) is 0.308. The van der Waals surface area contributed by atoms with Crippen LogP contribution in [-0.2, 0) is 19.2 Å². The molecule has 2 atom stereocenters. The van der Waals surface area contributed by atoms with Gasteiger partial charge in [-0.1, -0.05) is 5.16 Å². The predicted octanol–water partition coefficient (Wildman–Crippen LogP) is -0.712. The number of nitrogens with two attached hydrogens (primary N) is 1. The topological polar surface area (TPSA) is 147 Å². The average molecular weight is 410 g/mol. The fourth-order valence-electron chi connectivity index (χ4n) is 2.33. The largest absolute Gasteiger partial charge is 2.00 e. The van der Waals surface area contributed by atoms with Crippen molar-refractivity contribution in [3.8, 4) is 0 Å². The van der Waals surface area contributed by atoms with Gasteiger partial charge in [0.25, 0.3) is 11.8 Å². The Kier molecular flexibility index (Phi) is 6.49. The van der Waals surface area contributed by atoms with Crippen LogP contribution in [0.2, 0.25) is 0 Å². The molecule has 3 heterocycles. The van der Waals surface area contributed by atoms with Gasteiger partial charge in [-0.15, -0.1) is 23.1 Å². The maximum absolute atomic E-state index is 12.5. The van der Waals surface area contributed by atoms with Gasteiger partial charge in [0.05, 0.1) is 5.57 Å². The molecule has 0 radical (unpaired) electrons. The van der Waals surface area contributed by atoms with Crippen LogP contribution in [0, 0.1) is 0 Å². The maximum atomic E-state index is 12.5. The molecule has 2 aliphatic heterocycles. The van der Waals surface area contributed by atoms with Crippen LogP contribution < -0.4 is 11.1 Å². The normalized spacial score (nSPS) is 21.7. The number of nitrogens with zero attached hydrogens (tertiary/aromatic N) is 3. The summed E-state index contributed by atoms with van der Waals surface area (Å²) in [5, 5.41) is 16.7. The minimum atomic E-state index is -1.07.